The summed E-state index contributed by atoms with van der Waals surface area (Å²) in [5.74, 6) is 0.339. The van der Waals surface area contributed by atoms with Gasteiger partial charge < -0.3 is 9.64 Å². The number of amides is 1. The van der Waals surface area contributed by atoms with E-state index < -0.39 is 0 Å². The zero-order chi connectivity index (χ0) is 16.6. The van der Waals surface area contributed by atoms with Crippen LogP contribution in [0.25, 0.3) is 5.65 Å². The van der Waals surface area contributed by atoms with Gasteiger partial charge in [-0.25, -0.2) is 0 Å². The molecule has 3 heterocycles. The smallest absolute Gasteiger partial charge is 0.233 e. The van der Waals surface area contributed by atoms with Crippen LogP contribution in [0.3, 0.4) is 0 Å². The molecule has 1 saturated heterocycles. The fraction of sp³-hybridized carbons (Fsp3) is 0.500. The Morgan fingerprint density at radius 3 is 2.74 bits per heavy atom. The highest BCUT2D eigenvalue weighted by molar-refractivity contribution is 7.99. The minimum absolute atomic E-state index is 0.0548. The second-order valence-corrected chi connectivity index (χ2v) is 7.31. The summed E-state index contributed by atoms with van der Waals surface area (Å²) in [4.78, 5) is 14.2. The first-order valence-corrected chi connectivity index (χ1v) is 8.94. The van der Waals surface area contributed by atoms with Crippen LogP contribution in [0.4, 0.5) is 0 Å². The highest BCUT2D eigenvalue weighted by Crippen LogP contribution is 2.25. The molecule has 0 aromatic carbocycles. The van der Waals surface area contributed by atoms with Crippen molar-refractivity contribution in [2.75, 3.05) is 18.8 Å². The summed E-state index contributed by atoms with van der Waals surface area (Å²) in [5.41, 5.74) is 0.527. The molecule has 2 atom stereocenters. The molecule has 0 N–H and O–H groups in total. The van der Waals surface area contributed by atoms with E-state index >= 15 is 0 Å². The summed E-state index contributed by atoms with van der Waals surface area (Å²) in [6, 6.07) is 1.61. The lowest BCUT2D eigenvalue weighted by molar-refractivity contribution is -0.140. The van der Waals surface area contributed by atoms with Crippen molar-refractivity contribution in [3.63, 3.8) is 0 Å². The third-order valence-electron chi connectivity index (χ3n) is 3.49. The standard InChI is InChI=1S/C14H16Cl2N4O2S/c1-8-4-19(5-9(2)22-8)12(21)7-23-14-18-17-13-11(16)3-10(15)6-20(13)14/h3,6,8-9H,4-5,7H2,1-2H3/t8-,9+. The Bertz CT molecular complexity index is 729. The van der Waals surface area contributed by atoms with Crippen LogP contribution in [-0.4, -0.2) is 56.5 Å². The van der Waals surface area contributed by atoms with Crippen LogP contribution >= 0.6 is 35.0 Å². The fourth-order valence-electron chi connectivity index (χ4n) is 2.60. The van der Waals surface area contributed by atoms with Gasteiger partial charge in [0.25, 0.3) is 0 Å². The van der Waals surface area contributed by atoms with Gasteiger partial charge in [-0.3, -0.25) is 9.20 Å². The van der Waals surface area contributed by atoms with Crippen LogP contribution in [-0.2, 0) is 9.53 Å². The molecule has 6 nitrogen and oxygen atoms in total. The molecule has 0 radical (unpaired) electrons. The van der Waals surface area contributed by atoms with E-state index in [1.807, 2.05) is 18.7 Å². The molecule has 1 aliphatic rings. The lowest BCUT2D eigenvalue weighted by Gasteiger charge is -2.35. The number of halogens is 2. The summed E-state index contributed by atoms with van der Waals surface area (Å²) >= 11 is 13.4. The van der Waals surface area contributed by atoms with Gasteiger partial charge in [0, 0.05) is 19.3 Å². The number of hydrogen-bond donors (Lipinski definition) is 0. The number of thioether (sulfide) groups is 1. The van der Waals surface area contributed by atoms with Crippen molar-refractivity contribution in [2.24, 2.45) is 0 Å². The minimum atomic E-state index is 0.0548. The van der Waals surface area contributed by atoms with E-state index in [4.69, 9.17) is 27.9 Å². The first-order valence-electron chi connectivity index (χ1n) is 7.20. The van der Waals surface area contributed by atoms with Crippen LogP contribution in [0.15, 0.2) is 17.4 Å². The zero-order valence-corrected chi connectivity index (χ0v) is 15.0. The Kier molecular flexibility index (Phi) is 5.01. The van der Waals surface area contributed by atoms with Crippen LogP contribution in [0.5, 0.6) is 0 Å². The van der Waals surface area contributed by atoms with Gasteiger partial charge in [0.05, 0.1) is 28.0 Å². The molecule has 9 heteroatoms. The largest absolute Gasteiger partial charge is 0.372 e. The van der Waals surface area contributed by atoms with Crippen molar-refractivity contribution in [3.05, 3.63) is 22.3 Å². The average Bonchev–Trinajstić information content (AvgIpc) is 2.87. The Balaban J connectivity index is 1.70. The Morgan fingerprint density at radius 2 is 2.04 bits per heavy atom. The summed E-state index contributed by atoms with van der Waals surface area (Å²) < 4.78 is 7.35. The molecule has 0 aliphatic carbocycles. The van der Waals surface area contributed by atoms with Crippen LogP contribution in [0.1, 0.15) is 13.8 Å². The third-order valence-corrected chi connectivity index (χ3v) is 4.90. The fourth-order valence-corrected chi connectivity index (χ4v) is 3.92. The number of aromatic nitrogens is 3. The molecule has 2 aromatic rings. The molecule has 1 amide bonds. The molecule has 3 rings (SSSR count). The molecule has 2 aromatic heterocycles. The Morgan fingerprint density at radius 1 is 1.35 bits per heavy atom. The van der Waals surface area contributed by atoms with E-state index in [9.17, 15) is 4.79 Å². The molecule has 1 fully saturated rings. The van der Waals surface area contributed by atoms with E-state index in [1.54, 1.807) is 16.7 Å². The number of carbonyl (C=O) groups is 1. The highest BCUT2D eigenvalue weighted by Gasteiger charge is 2.26. The number of fused-ring (bicyclic) bond motifs is 1. The minimum Gasteiger partial charge on any atom is -0.372 e. The lowest BCUT2D eigenvalue weighted by atomic mass is 10.2. The molecule has 0 bridgehead atoms. The molecular formula is C14H16Cl2N4O2S. The van der Waals surface area contributed by atoms with Gasteiger partial charge >= 0.3 is 0 Å². The number of carbonyl (C=O) groups excluding carboxylic acids is 1. The predicted molar refractivity (Wildman–Crippen MR) is 90.3 cm³/mol. The number of morpholine rings is 1. The van der Waals surface area contributed by atoms with E-state index in [0.29, 0.717) is 33.9 Å². The summed E-state index contributed by atoms with van der Waals surface area (Å²) in [6.07, 6.45) is 1.80. The number of rotatable bonds is 3. The predicted octanol–water partition coefficient (Wildman–Crippen LogP) is 2.76. The van der Waals surface area contributed by atoms with E-state index in [2.05, 4.69) is 10.2 Å². The average molecular weight is 375 g/mol. The monoisotopic (exact) mass is 374 g/mol. The van der Waals surface area contributed by atoms with E-state index in [1.165, 1.54) is 11.8 Å². The second kappa shape index (κ2) is 6.84. The number of pyridine rings is 1. The maximum absolute atomic E-state index is 12.4. The van der Waals surface area contributed by atoms with Crippen LogP contribution in [0.2, 0.25) is 10.0 Å². The third kappa shape index (κ3) is 3.74. The molecule has 0 unspecified atom stereocenters. The normalized spacial score (nSPS) is 21.8. The van der Waals surface area contributed by atoms with E-state index in [-0.39, 0.29) is 23.9 Å². The summed E-state index contributed by atoms with van der Waals surface area (Å²) in [5, 5.41) is 9.62. The number of hydrogen-bond acceptors (Lipinski definition) is 5. The quantitative estimate of drug-likeness (QED) is 0.773. The molecule has 1 aliphatic heterocycles. The zero-order valence-electron chi connectivity index (χ0n) is 12.7. The van der Waals surface area contributed by atoms with Crippen molar-refractivity contribution in [1.29, 1.82) is 0 Å². The van der Waals surface area contributed by atoms with Crippen molar-refractivity contribution in [3.8, 4) is 0 Å². The molecule has 0 saturated carbocycles. The molecule has 0 spiro atoms. The van der Waals surface area contributed by atoms with E-state index in [0.717, 1.165) is 0 Å². The lowest BCUT2D eigenvalue weighted by Crippen LogP contribution is -2.48. The first-order chi connectivity index (χ1) is 10.9. The maximum atomic E-state index is 12.4. The Labute approximate surface area is 148 Å². The second-order valence-electron chi connectivity index (χ2n) is 5.53. The number of nitrogens with zero attached hydrogens (tertiary/aromatic N) is 4. The summed E-state index contributed by atoms with van der Waals surface area (Å²) in [7, 11) is 0. The Hall–Kier alpha value is -1.02. The molecule has 124 valence electrons. The highest BCUT2D eigenvalue weighted by atomic mass is 35.5. The number of ether oxygens (including phenoxy) is 1. The van der Waals surface area contributed by atoms with Gasteiger partial charge in [0.2, 0.25) is 5.91 Å². The van der Waals surface area contributed by atoms with Crippen molar-refractivity contribution in [1.82, 2.24) is 19.5 Å². The molecule has 23 heavy (non-hydrogen) atoms. The van der Waals surface area contributed by atoms with Crippen molar-refractivity contribution >= 4 is 46.5 Å². The maximum Gasteiger partial charge on any atom is 0.233 e. The van der Waals surface area contributed by atoms with Gasteiger partial charge in [0.1, 0.15) is 0 Å². The van der Waals surface area contributed by atoms with Gasteiger partial charge in [-0.2, -0.15) is 0 Å². The topological polar surface area (TPSA) is 59.7 Å². The summed E-state index contributed by atoms with van der Waals surface area (Å²) in [6.45, 7) is 5.17. The van der Waals surface area contributed by atoms with Gasteiger partial charge in [-0.15, -0.1) is 10.2 Å². The van der Waals surface area contributed by atoms with Gasteiger partial charge in [-0.1, -0.05) is 35.0 Å². The first kappa shape index (κ1) is 16.8. The van der Waals surface area contributed by atoms with Gasteiger partial charge in [-0.05, 0) is 19.9 Å². The van der Waals surface area contributed by atoms with Crippen LogP contribution < -0.4 is 0 Å². The molecular weight excluding hydrogens is 359 g/mol. The van der Waals surface area contributed by atoms with Crippen LogP contribution in [0, 0.1) is 0 Å². The van der Waals surface area contributed by atoms with Gasteiger partial charge in [0.15, 0.2) is 10.8 Å². The van der Waals surface area contributed by atoms with Crippen molar-refractivity contribution in [2.45, 2.75) is 31.2 Å². The SMILES string of the molecule is C[C@@H]1CN(C(=O)CSc2nnc3c(Cl)cc(Cl)cn23)C[C@H](C)O1. The van der Waals surface area contributed by atoms with Crippen molar-refractivity contribution < 1.29 is 9.53 Å².